The van der Waals surface area contributed by atoms with Gasteiger partial charge in [-0.3, -0.25) is 9.36 Å². The minimum atomic E-state index is -0.00198. The Morgan fingerprint density at radius 3 is 2.93 bits per heavy atom. The van der Waals surface area contributed by atoms with Crippen molar-refractivity contribution < 1.29 is 14.3 Å². The van der Waals surface area contributed by atoms with Gasteiger partial charge in [-0.1, -0.05) is 11.8 Å². The average molecular weight is 389 g/mol. The number of methoxy groups -OCH3 is 1. The van der Waals surface area contributed by atoms with Gasteiger partial charge in [0.2, 0.25) is 11.9 Å². The van der Waals surface area contributed by atoms with Gasteiger partial charge in [-0.2, -0.15) is 0 Å². The first-order valence-electron chi connectivity index (χ1n) is 9.10. The Hall–Kier alpha value is -2.26. The summed E-state index contributed by atoms with van der Waals surface area (Å²) in [5.74, 6) is 1.96. The van der Waals surface area contributed by atoms with Gasteiger partial charge in [0.15, 0.2) is 5.16 Å². The molecular formula is C18H23N5O3S. The van der Waals surface area contributed by atoms with Crippen molar-refractivity contribution in [3.8, 4) is 5.75 Å². The maximum absolute atomic E-state index is 12.1. The van der Waals surface area contributed by atoms with Crippen LogP contribution in [0.5, 0.6) is 5.75 Å². The summed E-state index contributed by atoms with van der Waals surface area (Å²) < 4.78 is 12.8. The Balaban J connectivity index is 1.34. The predicted molar refractivity (Wildman–Crippen MR) is 103 cm³/mol. The van der Waals surface area contributed by atoms with E-state index in [0.717, 1.165) is 55.1 Å². The van der Waals surface area contributed by atoms with Crippen molar-refractivity contribution in [2.24, 2.45) is 0 Å². The molecule has 1 N–H and O–H groups in total. The van der Waals surface area contributed by atoms with E-state index < -0.39 is 0 Å². The molecule has 1 aromatic heterocycles. The van der Waals surface area contributed by atoms with Crippen LogP contribution >= 0.6 is 11.8 Å². The second kappa shape index (κ2) is 8.18. The molecular weight excluding hydrogens is 366 g/mol. The molecule has 1 saturated heterocycles. The zero-order valence-corrected chi connectivity index (χ0v) is 16.1. The average Bonchev–Trinajstić information content (AvgIpc) is 3.43. The lowest BCUT2D eigenvalue weighted by molar-refractivity contribution is -0.119. The molecule has 2 aromatic rings. The molecule has 3 heterocycles. The number of nitrogens with one attached hydrogen (secondary N) is 1. The van der Waals surface area contributed by atoms with Crippen LogP contribution in [-0.2, 0) is 16.1 Å². The minimum Gasteiger partial charge on any atom is -0.497 e. The van der Waals surface area contributed by atoms with E-state index in [1.54, 1.807) is 7.11 Å². The largest absolute Gasteiger partial charge is 0.497 e. The maximum Gasteiger partial charge on any atom is 0.232 e. The number of carbonyl (C=O) groups is 1. The van der Waals surface area contributed by atoms with Gasteiger partial charge in [-0.25, -0.2) is 0 Å². The van der Waals surface area contributed by atoms with Gasteiger partial charge in [-0.05, 0) is 37.1 Å². The van der Waals surface area contributed by atoms with E-state index in [1.807, 2.05) is 24.3 Å². The Kier molecular flexibility index (Phi) is 5.49. The number of nitrogens with zero attached hydrogens (tertiary/aromatic N) is 4. The van der Waals surface area contributed by atoms with Crippen LogP contribution in [0.3, 0.4) is 0 Å². The predicted octanol–water partition coefficient (Wildman–Crippen LogP) is 1.83. The fraction of sp³-hybridized carbons (Fsp3) is 0.500. The quantitative estimate of drug-likeness (QED) is 0.724. The van der Waals surface area contributed by atoms with E-state index in [0.29, 0.717) is 12.3 Å². The summed E-state index contributed by atoms with van der Waals surface area (Å²) in [6.45, 7) is 3.01. The van der Waals surface area contributed by atoms with E-state index >= 15 is 0 Å². The molecule has 0 spiro atoms. The van der Waals surface area contributed by atoms with Gasteiger partial charge >= 0.3 is 0 Å². The molecule has 27 heavy (non-hydrogen) atoms. The molecule has 9 heteroatoms. The monoisotopic (exact) mass is 389 g/mol. The van der Waals surface area contributed by atoms with Crippen molar-refractivity contribution in [3.05, 3.63) is 24.3 Å². The highest BCUT2D eigenvalue weighted by Gasteiger charge is 2.26. The van der Waals surface area contributed by atoms with E-state index in [9.17, 15) is 4.79 Å². The van der Waals surface area contributed by atoms with Crippen molar-refractivity contribution >= 4 is 29.3 Å². The van der Waals surface area contributed by atoms with Crippen molar-refractivity contribution in [2.75, 3.05) is 37.5 Å². The van der Waals surface area contributed by atoms with E-state index in [2.05, 4.69) is 25.0 Å². The van der Waals surface area contributed by atoms with Crippen LogP contribution in [0.2, 0.25) is 0 Å². The summed E-state index contributed by atoms with van der Waals surface area (Å²) in [6.07, 6.45) is 2.26. The molecule has 0 saturated carbocycles. The number of hydrogen-bond acceptors (Lipinski definition) is 7. The molecule has 8 nitrogen and oxygen atoms in total. The standard InChI is InChI=1S/C18H23N5O3S/c1-25-14-6-4-13(5-7-14)22-8-9-23-17(22)20-21-18(23)27-12-16(24)19-11-15-3-2-10-26-15/h4-7,15H,2-3,8-12H2,1H3,(H,19,24)/t15-/m1/s1. The molecule has 1 aromatic carbocycles. The molecule has 144 valence electrons. The smallest absolute Gasteiger partial charge is 0.232 e. The van der Waals surface area contributed by atoms with Gasteiger partial charge < -0.3 is 19.7 Å². The van der Waals surface area contributed by atoms with Crippen molar-refractivity contribution in [2.45, 2.75) is 30.6 Å². The second-order valence-electron chi connectivity index (χ2n) is 6.51. The molecule has 4 rings (SSSR count). The number of rotatable bonds is 7. The van der Waals surface area contributed by atoms with Crippen molar-refractivity contribution in [1.82, 2.24) is 20.1 Å². The molecule has 2 aliphatic rings. The Morgan fingerprint density at radius 2 is 2.19 bits per heavy atom. The number of amides is 1. The summed E-state index contributed by atoms with van der Waals surface area (Å²) in [5.41, 5.74) is 1.05. The first-order chi connectivity index (χ1) is 13.2. The van der Waals surface area contributed by atoms with Crippen molar-refractivity contribution in [3.63, 3.8) is 0 Å². The first-order valence-corrected chi connectivity index (χ1v) is 10.1. The number of thioether (sulfide) groups is 1. The van der Waals surface area contributed by atoms with Crippen LogP contribution in [0.25, 0.3) is 0 Å². The Bertz CT molecular complexity index is 789. The lowest BCUT2D eigenvalue weighted by Crippen LogP contribution is -2.32. The zero-order chi connectivity index (χ0) is 18.6. The molecule has 1 atom stereocenters. The van der Waals surface area contributed by atoms with Gasteiger partial charge in [0.1, 0.15) is 5.75 Å². The Morgan fingerprint density at radius 1 is 1.33 bits per heavy atom. The molecule has 0 bridgehead atoms. The summed E-state index contributed by atoms with van der Waals surface area (Å²) in [5, 5.41) is 12.3. The molecule has 0 aliphatic carbocycles. The van der Waals surface area contributed by atoms with Gasteiger partial charge in [0.25, 0.3) is 0 Å². The van der Waals surface area contributed by atoms with E-state index in [4.69, 9.17) is 9.47 Å². The van der Waals surface area contributed by atoms with Crippen LogP contribution in [-0.4, -0.2) is 59.3 Å². The third-order valence-electron chi connectivity index (χ3n) is 4.75. The van der Waals surface area contributed by atoms with Crippen LogP contribution in [0, 0.1) is 0 Å². The zero-order valence-electron chi connectivity index (χ0n) is 15.3. The highest BCUT2D eigenvalue weighted by atomic mass is 32.2. The summed E-state index contributed by atoms with van der Waals surface area (Å²) in [7, 11) is 1.65. The number of benzene rings is 1. The van der Waals surface area contributed by atoms with Gasteiger partial charge in [0.05, 0.1) is 19.0 Å². The van der Waals surface area contributed by atoms with Gasteiger partial charge in [0, 0.05) is 31.9 Å². The van der Waals surface area contributed by atoms with Crippen LogP contribution < -0.4 is 15.0 Å². The number of anilines is 2. The van der Waals surface area contributed by atoms with Gasteiger partial charge in [-0.15, -0.1) is 10.2 Å². The SMILES string of the molecule is COc1ccc(N2CCn3c(SCC(=O)NC[C@H]4CCCO4)nnc32)cc1. The minimum absolute atomic E-state index is 0.00198. The second-order valence-corrected chi connectivity index (χ2v) is 7.45. The van der Waals surface area contributed by atoms with Crippen LogP contribution in [0.1, 0.15) is 12.8 Å². The third kappa shape index (κ3) is 4.03. The number of hydrogen-bond donors (Lipinski definition) is 1. The summed E-state index contributed by atoms with van der Waals surface area (Å²) in [6, 6.07) is 7.88. The third-order valence-corrected chi connectivity index (χ3v) is 5.72. The Labute approximate surface area is 162 Å². The van der Waals surface area contributed by atoms with Crippen LogP contribution in [0.4, 0.5) is 11.6 Å². The number of carbonyl (C=O) groups excluding carboxylic acids is 1. The molecule has 1 amide bonds. The number of aromatic nitrogens is 3. The number of fused-ring (bicyclic) bond motifs is 1. The van der Waals surface area contributed by atoms with Crippen LogP contribution in [0.15, 0.2) is 29.4 Å². The molecule has 2 aliphatic heterocycles. The number of ether oxygens (including phenoxy) is 2. The normalized spacial score (nSPS) is 18.6. The maximum atomic E-state index is 12.1. The fourth-order valence-electron chi connectivity index (χ4n) is 3.30. The topological polar surface area (TPSA) is 81.5 Å². The lowest BCUT2D eigenvalue weighted by atomic mass is 10.2. The highest BCUT2D eigenvalue weighted by molar-refractivity contribution is 7.99. The molecule has 0 unspecified atom stereocenters. The molecule has 1 fully saturated rings. The molecule has 0 radical (unpaired) electrons. The first kappa shape index (κ1) is 18.1. The summed E-state index contributed by atoms with van der Waals surface area (Å²) in [4.78, 5) is 14.2. The summed E-state index contributed by atoms with van der Waals surface area (Å²) >= 11 is 1.42. The van der Waals surface area contributed by atoms with Crippen molar-refractivity contribution in [1.29, 1.82) is 0 Å². The fourth-order valence-corrected chi connectivity index (χ4v) is 4.09. The lowest BCUT2D eigenvalue weighted by Gasteiger charge is -2.15. The highest BCUT2D eigenvalue weighted by Crippen LogP contribution is 2.32. The van der Waals surface area contributed by atoms with E-state index in [-0.39, 0.29) is 12.0 Å². The van der Waals surface area contributed by atoms with E-state index in [1.165, 1.54) is 11.8 Å².